The van der Waals surface area contributed by atoms with Gasteiger partial charge >= 0.3 is 11.9 Å². The monoisotopic (exact) mass is 272 g/mol. The van der Waals surface area contributed by atoms with Gasteiger partial charge < -0.3 is 14.2 Å². The molecule has 1 aliphatic rings. The highest BCUT2D eigenvalue weighted by atomic mass is 16.6. The Morgan fingerprint density at radius 2 is 1.63 bits per heavy atom. The van der Waals surface area contributed by atoms with Crippen molar-refractivity contribution in [2.75, 3.05) is 20.8 Å². The van der Waals surface area contributed by atoms with Crippen LogP contribution in [-0.4, -0.2) is 44.7 Å². The molecule has 0 aromatic carbocycles. The molecule has 0 N–H and O–H groups in total. The number of hydrogen-bond acceptors (Lipinski definition) is 6. The molecular weight excluding hydrogens is 252 g/mol. The van der Waals surface area contributed by atoms with E-state index in [0.717, 1.165) is 12.8 Å². The van der Waals surface area contributed by atoms with Crippen molar-refractivity contribution in [3.63, 3.8) is 0 Å². The van der Waals surface area contributed by atoms with Crippen LogP contribution >= 0.6 is 0 Å². The molecule has 0 amide bonds. The molecule has 6 nitrogen and oxygen atoms in total. The molecule has 1 saturated heterocycles. The maximum Gasteiger partial charge on any atom is 0.326 e. The van der Waals surface area contributed by atoms with Crippen LogP contribution in [-0.2, 0) is 28.6 Å². The molecular formula is C13H20O6. The van der Waals surface area contributed by atoms with Crippen LogP contribution in [0.25, 0.3) is 0 Å². The molecule has 0 aromatic rings. The van der Waals surface area contributed by atoms with Gasteiger partial charge in [0.2, 0.25) is 0 Å². The van der Waals surface area contributed by atoms with Gasteiger partial charge in [0, 0.05) is 6.61 Å². The number of carbonyl (C=O) groups excluding carboxylic acids is 3. The van der Waals surface area contributed by atoms with E-state index in [0.29, 0.717) is 13.0 Å². The first-order chi connectivity index (χ1) is 9.00. The third kappa shape index (κ3) is 2.94. The van der Waals surface area contributed by atoms with Gasteiger partial charge in [0.05, 0.1) is 14.2 Å². The van der Waals surface area contributed by atoms with Crippen LogP contribution in [0.2, 0.25) is 0 Å². The summed E-state index contributed by atoms with van der Waals surface area (Å²) in [5.41, 5.74) is -1.68. The molecule has 0 spiro atoms. The van der Waals surface area contributed by atoms with Gasteiger partial charge in [-0.15, -0.1) is 0 Å². The molecule has 1 aliphatic heterocycles. The second-order valence-electron chi connectivity index (χ2n) is 4.63. The Kier molecular flexibility index (Phi) is 5.47. The summed E-state index contributed by atoms with van der Waals surface area (Å²) in [6.45, 7) is 1.63. The SMILES string of the molecule is COC(=O)C1(C(=O)OC)CCCCCOC1C(C)=O. The van der Waals surface area contributed by atoms with E-state index in [1.807, 2.05) is 0 Å². The minimum absolute atomic E-state index is 0.191. The highest BCUT2D eigenvalue weighted by Crippen LogP contribution is 2.36. The Hall–Kier alpha value is -1.43. The van der Waals surface area contributed by atoms with Gasteiger partial charge in [-0.25, -0.2) is 0 Å². The van der Waals surface area contributed by atoms with Crippen LogP contribution < -0.4 is 0 Å². The summed E-state index contributed by atoms with van der Waals surface area (Å²) in [6, 6.07) is 0. The maximum atomic E-state index is 12.1. The van der Waals surface area contributed by atoms with Gasteiger partial charge in [0.1, 0.15) is 6.10 Å². The molecule has 0 aliphatic carbocycles. The zero-order valence-electron chi connectivity index (χ0n) is 11.6. The van der Waals surface area contributed by atoms with Crippen LogP contribution in [0, 0.1) is 5.41 Å². The van der Waals surface area contributed by atoms with Crippen molar-refractivity contribution in [2.24, 2.45) is 5.41 Å². The Morgan fingerprint density at radius 1 is 1.05 bits per heavy atom. The predicted octanol–water partition coefficient (Wildman–Crippen LogP) is 0.867. The summed E-state index contributed by atoms with van der Waals surface area (Å²) in [6.07, 6.45) is 1.30. The average Bonchev–Trinajstić information content (AvgIpc) is 2.37. The van der Waals surface area contributed by atoms with Crippen molar-refractivity contribution in [3.05, 3.63) is 0 Å². The molecule has 6 heteroatoms. The lowest BCUT2D eigenvalue weighted by Gasteiger charge is -2.35. The number of esters is 2. The molecule has 0 saturated carbocycles. The van der Waals surface area contributed by atoms with Crippen molar-refractivity contribution in [3.8, 4) is 0 Å². The minimum Gasteiger partial charge on any atom is -0.468 e. The first kappa shape index (κ1) is 15.6. The third-order valence-electron chi connectivity index (χ3n) is 3.42. The summed E-state index contributed by atoms with van der Waals surface area (Å²) in [5, 5.41) is 0. The number of Topliss-reactive ketones (excluding diaryl/α,β-unsaturated/α-hetero) is 1. The third-order valence-corrected chi connectivity index (χ3v) is 3.42. The van der Waals surface area contributed by atoms with E-state index in [-0.39, 0.29) is 12.2 Å². The summed E-state index contributed by atoms with van der Waals surface area (Å²) in [4.78, 5) is 36.0. The number of methoxy groups -OCH3 is 2. The van der Waals surface area contributed by atoms with Crippen molar-refractivity contribution >= 4 is 17.7 Å². The smallest absolute Gasteiger partial charge is 0.326 e. The first-order valence-electron chi connectivity index (χ1n) is 6.29. The highest BCUT2D eigenvalue weighted by molar-refractivity contribution is 6.05. The zero-order valence-corrected chi connectivity index (χ0v) is 11.6. The van der Waals surface area contributed by atoms with Crippen LogP contribution in [0.1, 0.15) is 32.6 Å². The predicted molar refractivity (Wildman–Crippen MR) is 65.4 cm³/mol. The summed E-state index contributed by atoms with van der Waals surface area (Å²) in [7, 11) is 2.37. The Labute approximate surface area is 112 Å². The van der Waals surface area contributed by atoms with Crippen molar-refractivity contribution in [1.82, 2.24) is 0 Å². The van der Waals surface area contributed by atoms with E-state index in [1.54, 1.807) is 0 Å². The molecule has 1 fully saturated rings. The Bertz CT molecular complexity index is 346. The summed E-state index contributed by atoms with van der Waals surface area (Å²) < 4.78 is 14.9. The molecule has 1 unspecified atom stereocenters. The fourth-order valence-corrected chi connectivity index (χ4v) is 2.49. The lowest BCUT2D eigenvalue weighted by Crippen LogP contribution is -2.54. The second kappa shape index (κ2) is 6.65. The van der Waals surface area contributed by atoms with E-state index in [2.05, 4.69) is 0 Å². The van der Waals surface area contributed by atoms with E-state index in [1.165, 1.54) is 21.1 Å². The number of hydrogen-bond donors (Lipinski definition) is 0. The normalized spacial score (nSPS) is 22.8. The van der Waals surface area contributed by atoms with E-state index < -0.39 is 23.5 Å². The molecule has 1 heterocycles. The fraction of sp³-hybridized carbons (Fsp3) is 0.769. The molecule has 1 rings (SSSR count). The van der Waals surface area contributed by atoms with Gasteiger partial charge in [-0.1, -0.05) is 12.8 Å². The van der Waals surface area contributed by atoms with Crippen LogP contribution in [0.15, 0.2) is 0 Å². The van der Waals surface area contributed by atoms with E-state index in [4.69, 9.17) is 14.2 Å². The van der Waals surface area contributed by atoms with Crippen molar-refractivity contribution < 1.29 is 28.6 Å². The number of ether oxygens (including phenoxy) is 3. The standard InChI is InChI=1S/C13H20O6/c1-9(14)10-13(11(15)17-2,12(16)18-3)7-5-4-6-8-19-10/h10H,4-8H2,1-3H3. The first-order valence-corrected chi connectivity index (χ1v) is 6.29. The van der Waals surface area contributed by atoms with Gasteiger partial charge in [-0.2, -0.15) is 0 Å². The molecule has 108 valence electrons. The number of rotatable bonds is 3. The van der Waals surface area contributed by atoms with Gasteiger partial charge in [0.25, 0.3) is 0 Å². The minimum atomic E-state index is -1.68. The van der Waals surface area contributed by atoms with Crippen LogP contribution in [0.5, 0.6) is 0 Å². The van der Waals surface area contributed by atoms with E-state index in [9.17, 15) is 14.4 Å². The zero-order chi connectivity index (χ0) is 14.5. The molecule has 1 atom stereocenters. The lowest BCUT2D eigenvalue weighted by molar-refractivity contribution is -0.186. The van der Waals surface area contributed by atoms with Gasteiger partial charge in [-0.3, -0.25) is 14.4 Å². The largest absolute Gasteiger partial charge is 0.468 e. The van der Waals surface area contributed by atoms with E-state index >= 15 is 0 Å². The van der Waals surface area contributed by atoms with Crippen molar-refractivity contribution in [1.29, 1.82) is 0 Å². The molecule has 0 aromatic heterocycles. The summed E-state index contributed by atoms with van der Waals surface area (Å²) in [5.74, 6) is -1.93. The maximum absolute atomic E-state index is 12.1. The molecule has 0 radical (unpaired) electrons. The average molecular weight is 272 g/mol. The lowest BCUT2D eigenvalue weighted by atomic mass is 9.75. The summed E-state index contributed by atoms with van der Waals surface area (Å²) >= 11 is 0. The Balaban J connectivity index is 3.27. The molecule has 0 bridgehead atoms. The number of carbonyl (C=O) groups is 3. The van der Waals surface area contributed by atoms with Crippen LogP contribution in [0.3, 0.4) is 0 Å². The number of ketones is 1. The van der Waals surface area contributed by atoms with Crippen LogP contribution in [0.4, 0.5) is 0 Å². The Morgan fingerprint density at radius 3 is 2.11 bits per heavy atom. The van der Waals surface area contributed by atoms with Gasteiger partial charge in [0.15, 0.2) is 11.2 Å². The quantitative estimate of drug-likeness (QED) is 0.560. The topological polar surface area (TPSA) is 78.9 Å². The highest BCUT2D eigenvalue weighted by Gasteiger charge is 2.57. The van der Waals surface area contributed by atoms with Gasteiger partial charge in [-0.05, 0) is 19.8 Å². The second-order valence-corrected chi connectivity index (χ2v) is 4.63. The fourth-order valence-electron chi connectivity index (χ4n) is 2.49. The van der Waals surface area contributed by atoms with Crippen molar-refractivity contribution in [2.45, 2.75) is 38.7 Å². The molecule has 19 heavy (non-hydrogen) atoms.